The highest BCUT2D eigenvalue weighted by Crippen LogP contribution is 2.25. The molecule has 1 atom stereocenters. The number of hydrogen-bond acceptors (Lipinski definition) is 3. The molecule has 0 aliphatic heterocycles. The number of aliphatic hydroxyl groups excluding tert-OH is 1. The van der Waals surface area contributed by atoms with E-state index >= 15 is 0 Å². The summed E-state index contributed by atoms with van der Waals surface area (Å²) in [6, 6.07) is -0.981. The molecular weight excluding hydrogens is 260 g/mol. The number of nitrogens with one attached hydrogen (secondary N) is 1. The van der Waals surface area contributed by atoms with Crippen LogP contribution in [-0.4, -0.2) is 52.3 Å². The summed E-state index contributed by atoms with van der Waals surface area (Å²) in [5, 5.41) is 20.7. The van der Waals surface area contributed by atoms with Crippen molar-refractivity contribution in [1.29, 1.82) is 0 Å². The summed E-state index contributed by atoms with van der Waals surface area (Å²) in [5.41, 5.74) is 0. The molecule has 6 heteroatoms. The van der Waals surface area contributed by atoms with Gasteiger partial charge in [-0.2, -0.15) is 0 Å². The summed E-state index contributed by atoms with van der Waals surface area (Å²) in [6.07, 6.45) is 3.95. The highest BCUT2D eigenvalue weighted by atomic mass is 16.4. The second-order valence-corrected chi connectivity index (χ2v) is 5.83. The molecule has 0 aromatic heterocycles. The first-order valence-corrected chi connectivity index (χ1v) is 7.36. The van der Waals surface area contributed by atoms with Gasteiger partial charge in [0.15, 0.2) is 0 Å². The number of aliphatic hydroxyl groups is 1. The Hall–Kier alpha value is -1.30. The number of nitrogens with zero attached hydrogens (tertiary/aromatic N) is 1. The third kappa shape index (κ3) is 5.00. The number of urea groups is 1. The Morgan fingerprint density at radius 3 is 2.40 bits per heavy atom. The lowest BCUT2D eigenvalue weighted by Gasteiger charge is -2.38. The number of carboxylic acid groups (broad SMARTS) is 1. The predicted molar refractivity (Wildman–Crippen MR) is 75.5 cm³/mol. The van der Waals surface area contributed by atoms with E-state index in [1.807, 2.05) is 13.8 Å². The second kappa shape index (κ2) is 8.09. The molecule has 1 saturated carbocycles. The Bertz CT molecular complexity index is 329. The van der Waals surface area contributed by atoms with Crippen LogP contribution in [0.5, 0.6) is 0 Å². The molecular formula is C14H26N2O4. The molecule has 3 N–H and O–H groups in total. The quantitative estimate of drug-likeness (QED) is 0.629. The zero-order valence-electron chi connectivity index (χ0n) is 12.3. The fraction of sp³-hybridized carbons (Fsp3) is 0.857. The monoisotopic (exact) mass is 286 g/mol. The van der Waals surface area contributed by atoms with Crippen molar-refractivity contribution in [2.24, 2.45) is 5.92 Å². The summed E-state index contributed by atoms with van der Waals surface area (Å²) in [6.45, 7) is 4.36. The van der Waals surface area contributed by atoms with Gasteiger partial charge in [0.2, 0.25) is 0 Å². The highest BCUT2D eigenvalue weighted by Gasteiger charge is 2.31. The molecule has 0 bridgehead atoms. The van der Waals surface area contributed by atoms with Crippen molar-refractivity contribution >= 4 is 12.0 Å². The van der Waals surface area contributed by atoms with Crippen LogP contribution in [0.2, 0.25) is 0 Å². The van der Waals surface area contributed by atoms with Crippen LogP contribution in [0.15, 0.2) is 0 Å². The van der Waals surface area contributed by atoms with E-state index in [9.17, 15) is 9.59 Å². The van der Waals surface area contributed by atoms with E-state index in [0.717, 1.165) is 19.3 Å². The molecule has 6 nitrogen and oxygen atoms in total. The Morgan fingerprint density at radius 1 is 1.35 bits per heavy atom. The van der Waals surface area contributed by atoms with Crippen LogP contribution >= 0.6 is 0 Å². The average molecular weight is 286 g/mol. The van der Waals surface area contributed by atoms with E-state index in [2.05, 4.69) is 5.32 Å². The van der Waals surface area contributed by atoms with E-state index in [1.54, 1.807) is 4.90 Å². The van der Waals surface area contributed by atoms with Crippen molar-refractivity contribution in [3.63, 3.8) is 0 Å². The molecule has 1 aliphatic carbocycles. The van der Waals surface area contributed by atoms with Gasteiger partial charge >= 0.3 is 12.0 Å². The molecule has 0 spiro atoms. The first-order chi connectivity index (χ1) is 9.45. The number of carboxylic acids is 1. The van der Waals surface area contributed by atoms with Crippen LogP contribution in [0.25, 0.3) is 0 Å². The van der Waals surface area contributed by atoms with Crippen LogP contribution < -0.4 is 5.32 Å². The summed E-state index contributed by atoms with van der Waals surface area (Å²) < 4.78 is 0. The highest BCUT2D eigenvalue weighted by molar-refractivity contribution is 5.82. The maximum Gasteiger partial charge on any atom is 0.326 e. The van der Waals surface area contributed by atoms with Crippen molar-refractivity contribution in [1.82, 2.24) is 10.2 Å². The number of hydrogen-bond donors (Lipinski definition) is 3. The lowest BCUT2D eigenvalue weighted by molar-refractivity contribution is -0.139. The number of aliphatic carboxylic acids is 1. The van der Waals surface area contributed by atoms with Crippen molar-refractivity contribution in [2.45, 2.75) is 58.0 Å². The standard InChI is InChI=1S/C14H26N2O4/c1-10(2)9-12(13(18)19)15-14(20)16(7-4-8-17)11-5-3-6-11/h10-12,17H,3-9H2,1-2H3,(H,15,20)(H,18,19)/t12-/m0/s1. The number of rotatable bonds is 8. The van der Waals surface area contributed by atoms with Crippen LogP contribution in [0.4, 0.5) is 4.79 Å². The van der Waals surface area contributed by atoms with Crippen LogP contribution in [0.1, 0.15) is 46.0 Å². The first-order valence-electron chi connectivity index (χ1n) is 7.36. The van der Waals surface area contributed by atoms with Crippen molar-refractivity contribution in [2.75, 3.05) is 13.2 Å². The Morgan fingerprint density at radius 2 is 2.00 bits per heavy atom. The van der Waals surface area contributed by atoms with E-state index in [4.69, 9.17) is 10.2 Å². The zero-order valence-corrected chi connectivity index (χ0v) is 12.3. The minimum atomic E-state index is -0.997. The smallest absolute Gasteiger partial charge is 0.326 e. The van der Waals surface area contributed by atoms with Crippen molar-refractivity contribution in [3.05, 3.63) is 0 Å². The summed E-state index contributed by atoms with van der Waals surface area (Å²) in [7, 11) is 0. The molecule has 0 unspecified atom stereocenters. The lowest BCUT2D eigenvalue weighted by Crippen LogP contribution is -2.53. The van der Waals surface area contributed by atoms with E-state index < -0.39 is 12.0 Å². The van der Waals surface area contributed by atoms with Gasteiger partial charge < -0.3 is 20.4 Å². The van der Waals surface area contributed by atoms with E-state index in [1.165, 1.54) is 0 Å². The number of carbonyl (C=O) groups is 2. The molecule has 0 radical (unpaired) electrons. The van der Waals surface area contributed by atoms with Gasteiger partial charge in [-0.05, 0) is 38.0 Å². The van der Waals surface area contributed by atoms with Crippen molar-refractivity contribution < 1.29 is 19.8 Å². The van der Waals surface area contributed by atoms with E-state index in [0.29, 0.717) is 19.4 Å². The van der Waals surface area contributed by atoms with Gasteiger partial charge in [0.25, 0.3) is 0 Å². The molecule has 116 valence electrons. The van der Waals surface area contributed by atoms with Crippen molar-refractivity contribution in [3.8, 4) is 0 Å². The molecule has 1 rings (SSSR count). The lowest BCUT2D eigenvalue weighted by atomic mass is 9.91. The number of amides is 2. The molecule has 0 aromatic rings. The fourth-order valence-electron chi connectivity index (χ4n) is 2.31. The van der Waals surface area contributed by atoms with Crippen LogP contribution in [0.3, 0.4) is 0 Å². The van der Waals surface area contributed by atoms with Crippen LogP contribution in [-0.2, 0) is 4.79 Å². The minimum absolute atomic E-state index is 0.0326. The van der Waals surface area contributed by atoms with Gasteiger partial charge in [0.1, 0.15) is 6.04 Å². The topological polar surface area (TPSA) is 89.9 Å². The molecule has 0 saturated heterocycles. The third-order valence-electron chi connectivity index (χ3n) is 3.64. The molecule has 20 heavy (non-hydrogen) atoms. The van der Waals surface area contributed by atoms with Gasteiger partial charge in [-0.15, -0.1) is 0 Å². The Kier molecular flexibility index (Phi) is 6.78. The number of carbonyl (C=O) groups excluding carboxylic acids is 1. The van der Waals surface area contributed by atoms with Gasteiger partial charge in [0.05, 0.1) is 0 Å². The molecule has 1 aliphatic rings. The fourth-order valence-corrected chi connectivity index (χ4v) is 2.31. The van der Waals surface area contributed by atoms with Crippen LogP contribution in [0, 0.1) is 5.92 Å². The minimum Gasteiger partial charge on any atom is -0.480 e. The second-order valence-electron chi connectivity index (χ2n) is 5.83. The molecule has 0 heterocycles. The normalized spacial score (nSPS) is 16.6. The van der Waals surface area contributed by atoms with Gasteiger partial charge in [0, 0.05) is 19.2 Å². The first kappa shape index (κ1) is 16.8. The summed E-state index contributed by atoms with van der Waals surface area (Å²) in [4.78, 5) is 25.1. The Labute approximate surface area is 120 Å². The molecule has 1 fully saturated rings. The molecule has 0 aromatic carbocycles. The third-order valence-corrected chi connectivity index (χ3v) is 3.64. The molecule has 2 amide bonds. The SMILES string of the molecule is CC(C)C[C@H](NC(=O)N(CCCO)C1CCC1)C(=O)O. The maximum atomic E-state index is 12.2. The summed E-state index contributed by atoms with van der Waals surface area (Å²) in [5.74, 6) is -0.797. The van der Waals surface area contributed by atoms with Gasteiger partial charge in [-0.25, -0.2) is 9.59 Å². The average Bonchev–Trinajstić information content (AvgIpc) is 2.30. The van der Waals surface area contributed by atoms with E-state index in [-0.39, 0.29) is 24.6 Å². The largest absolute Gasteiger partial charge is 0.480 e. The Balaban J connectivity index is 2.60. The predicted octanol–water partition coefficient (Wildman–Crippen LogP) is 1.43. The van der Waals surface area contributed by atoms with Gasteiger partial charge in [-0.1, -0.05) is 13.8 Å². The van der Waals surface area contributed by atoms with Gasteiger partial charge in [-0.3, -0.25) is 0 Å². The summed E-state index contributed by atoms with van der Waals surface area (Å²) >= 11 is 0. The zero-order chi connectivity index (χ0) is 15.1. The maximum absolute atomic E-state index is 12.2.